The number of ether oxygens (including phenoxy) is 1. The number of rotatable bonds is 5. The van der Waals surface area contributed by atoms with Gasteiger partial charge in [0.05, 0.1) is 30.9 Å². The number of nitrogens with zero attached hydrogens (tertiary/aromatic N) is 3. The first-order chi connectivity index (χ1) is 8.66. The Morgan fingerprint density at radius 3 is 2.83 bits per heavy atom. The topological polar surface area (TPSA) is 66.0 Å². The summed E-state index contributed by atoms with van der Waals surface area (Å²) >= 11 is 0. The largest absolute Gasteiger partial charge is 0.384 e. The van der Waals surface area contributed by atoms with Gasteiger partial charge in [-0.2, -0.15) is 0 Å². The van der Waals surface area contributed by atoms with E-state index < -0.39 is 0 Å². The van der Waals surface area contributed by atoms with Gasteiger partial charge < -0.3 is 15.0 Å². The molecule has 0 spiro atoms. The molecule has 2 rings (SSSR count). The minimum Gasteiger partial charge on any atom is -0.384 e. The lowest BCUT2D eigenvalue weighted by Gasteiger charge is -2.10. The maximum atomic E-state index is 5.58. The Balaban J connectivity index is 2.10. The predicted octanol–water partition coefficient (Wildman–Crippen LogP) is 1.95. The Labute approximate surface area is 107 Å². The molecule has 0 saturated heterocycles. The highest BCUT2D eigenvalue weighted by Crippen LogP contribution is 2.18. The Morgan fingerprint density at radius 2 is 2.17 bits per heavy atom. The molecule has 0 amide bonds. The number of nitrogen functional groups attached to an aromatic ring is 1. The van der Waals surface area contributed by atoms with Crippen LogP contribution < -0.4 is 5.73 Å². The van der Waals surface area contributed by atoms with Crippen LogP contribution >= 0.6 is 0 Å². The number of hydrogen-bond donors (Lipinski definition) is 1. The van der Waals surface area contributed by atoms with E-state index in [1.807, 2.05) is 26.1 Å². The van der Waals surface area contributed by atoms with E-state index in [1.54, 1.807) is 18.6 Å². The van der Waals surface area contributed by atoms with Gasteiger partial charge in [-0.1, -0.05) is 0 Å². The maximum absolute atomic E-state index is 5.58. The van der Waals surface area contributed by atoms with Crippen molar-refractivity contribution in [3.63, 3.8) is 0 Å². The smallest absolute Gasteiger partial charge is 0.123 e. The fourth-order valence-electron chi connectivity index (χ4n) is 1.68. The van der Waals surface area contributed by atoms with Crippen molar-refractivity contribution >= 4 is 5.82 Å². The molecule has 2 aromatic rings. The normalized spacial score (nSPS) is 11.1. The van der Waals surface area contributed by atoms with Gasteiger partial charge in [0.2, 0.25) is 0 Å². The molecule has 0 fully saturated rings. The van der Waals surface area contributed by atoms with E-state index in [0.29, 0.717) is 12.4 Å². The first-order valence-corrected chi connectivity index (χ1v) is 6.00. The van der Waals surface area contributed by atoms with Crippen molar-refractivity contribution in [2.24, 2.45) is 0 Å². The van der Waals surface area contributed by atoms with Gasteiger partial charge in [0.1, 0.15) is 5.82 Å². The average Bonchev–Trinajstić information content (AvgIpc) is 2.78. The highest BCUT2D eigenvalue weighted by molar-refractivity contribution is 5.59. The fraction of sp³-hybridized carbons (Fsp3) is 0.385. The molecule has 0 unspecified atom stereocenters. The number of hydrogen-bond acceptors (Lipinski definition) is 4. The Bertz CT molecular complexity index is 490. The summed E-state index contributed by atoms with van der Waals surface area (Å²) in [7, 11) is 0. The Kier molecular flexibility index (Phi) is 3.94. The SMILES string of the molecule is CC(C)OCCn1cncc1-c1ccc(N)nc1. The van der Waals surface area contributed by atoms with E-state index >= 15 is 0 Å². The molecule has 5 nitrogen and oxygen atoms in total. The van der Waals surface area contributed by atoms with E-state index in [-0.39, 0.29) is 6.10 Å². The van der Waals surface area contributed by atoms with Crippen LogP contribution in [0.2, 0.25) is 0 Å². The molecule has 0 aliphatic rings. The zero-order chi connectivity index (χ0) is 13.0. The maximum Gasteiger partial charge on any atom is 0.123 e. The molecule has 0 aliphatic carbocycles. The number of imidazole rings is 1. The van der Waals surface area contributed by atoms with Crippen LogP contribution in [0.5, 0.6) is 0 Å². The standard InChI is InChI=1S/C13H18N4O/c1-10(2)18-6-5-17-9-15-8-12(17)11-3-4-13(14)16-7-11/h3-4,7-10H,5-6H2,1-2H3,(H2,14,16). The summed E-state index contributed by atoms with van der Waals surface area (Å²) < 4.78 is 7.59. The second-order valence-electron chi connectivity index (χ2n) is 4.36. The van der Waals surface area contributed by atoms with Crippen molar-refractivity contribution in [3.05, 3.63) is 30.9 Å². The molecule has 0 aliphatic heterocycles. The van der Waals surface area contributed by atoms with Crippen LogP contribution in [0.15, 0.2) is 30.9 Å². The van der Waals surface area contributed by atoms with E-state index in [0.717, 1.165) is 17.8 Å². The van der Waals surface area contributed by atoms with E-state index in [9.17, 15) is 0 Å². The molecular weight excluding hydrogens is 228 g/mol. The van der Waals surface area contributed by atoms with Crippen LogP contribution in [0.1, 0.15) is 13.8 Å². The lowest BCUT2D eigenvalue weighted by molar-refractivity contribution is 0.0729. The van der Waals surface area contributed by atoms with Gasteiger partial charge in [0.25, 0.3) is 0 Å². The van der Waals surface area contributed by atoms with Gasteiger partial charge in [0, 0.05) is 18.3 Å². The summed E-state index contributed by atoms with van der Waals surface area (Å²) in [6, 6.07) is 3.73. The molecule has 96 valence electrons. The van der Waals surface area contributed by atoms with Gasteiger partial charge in [-0.3, -0.25) is 0 Å². The molecule has 2 N–H and O–H groups in total. The second kappa shape index (κ2) is 5.64. The average molecular weight is 246 g/mol. The molecule has 0 saturated carbocycles. The fourth-order valence-corrected chi connectivity index (χ4v) is 1.68. The minimum atomic E-state index is 0.246. The van der Waals surface area contributed by atoms with Gasteiger partial charge in [-0.25, -0.2) is 9.97 Å². The van der Waals surface area contributed by atoms with Crippen molar-refractivity contribution in [1.29, 1.82) is 0 Å². The Hall–Kier alpha value is -1.88. The highest BCUT2D eigenvalue weighted by atomic mass is 16.5. The number of anilines is 1. The monoisotopic (exact) mass is 246 g/mol. The molecular formula is C13H18N4O. The summed E-state index contributed by atoms with van der Waals surface area (Å²) in [5.41, 5.74) is 7.61. The van der Waals surface area contributed by atoms with Crippen molar-refractivity contribution < 1.29 is 4.74 Å². The summed E-state index contributed by atoms with van der Waals surface area (Å²) in [6.45, 7) is 5.50. The molecule has 0 radical (unpaired) electrons. The van der Waals surface area contributed by atoms with Crippen molar-refractivity contribution in [2.75, 3.05) is 12.3 Å². The highest BCUT2D eigenvalue weighted by Gasteiger charge is 2.05. The summed E-state index contributed by atoms with van der Waals surface area (Å²) in [6.07, 6.45) is 5.62. The summed E-state index contributed by atoms with van der Waals surface area (Å²) in [5, 5.41) is 0. The molecule has 5 heteroatoms. The van der Waals surface area contributed by atoms with Crippen LogP contribution in [0, 0.1) is 0 Å². The number of nitrogens with two attached hydrogens (primary N) is 1. The zero-order valence-corrected chi connectivity index (χ0v) is 10.7. The van der Waals surface area contributed by atoms with Gasteiger partial charge in [-0.15, -0.1) is 0 Å². The molecule has 2 heterocycles. The second-order valence-corrected chi connectivity index (χ2v) is 4.36. The van der Waals surface area contributed by atoms with Gasteiger partial charge >= 0.3 is 0 Å². The van der Waals surface area contributed by atoms with Crippen LogP contribution in [0.25, 0.3) is 11.3 Å². The molecule has 18 heavy (non-hydrogen) atoms. The lowest BCUT2D eigenvalue weighted by Crippen LogP contribution is -2.10. The van der Waals surface area contributed by atoms with Crippen molar-refractivity contribution in [3.8, 4) is 11.3 Å². The lowest BCUT2D eigenvalue weighted by atomic mass is 10.2. The summed E-state index contributed by atoms with van der Waals surface area (Å²) in [5.74, 6) is 0.521. The van der Waals surface area contributed by atoms with E-state index in [2.05, 4.69) is 14.5 Å². The van der Waals surface area contributed by atoms with Gasteiger partial charge in [-0.05, 0) is 26.0 Å². The molecule has 2 aromatic heterocycles. The molecule has 0 bridgehead atoms. The van der Waals surface area contributed by atoms with Crippen LogP contribution in [-0.4, -0.2) is 27.2 Å². The Morgan fingerprint density at radius 1 is 1.33 bits per heavy atom. The molecule has 0 aromatic carbocycles. The number of aromatic nitrogens is 3. The van der Waals surface area contributed by atoms with E-state index in [1.165, 1.54) is 0 Å². The number of pyridine rings is 1. The third-order valence-corrected chi connectivity index (χ3v) is 2.58. The first-order valence-electron chi connectivity index (χ1n) is 6.00. The van der Waals surface area contributed by atoms with Crippen molar-refractivity contribution in [1.82, 2.24) is 14.5 Å². The van der Waals surface area contributed by atoms with Crippen LogP contribution in [-0.2, 0) is 11.3 Å². The quantitative estimate of drug-likeness (QED) is 0.875. The van der Waals surface area contributed by atoms with Crippen LogP contribution in [0.4, 0.5) is 5.82 Å². The van der Waals surface area contributed by atoms with Crippen molar-refractivity contribution in [2.45, 2.75) is 26.5 Å². The summed E-state index contributed by atoms with van der Waals surface area (Å²) in [4.78, 5) is 8.26. The minimum absolute atomic E-state index is 0.246. The zero-order valence-electron chi connectivity index (χ0n) is 10.7. The predicted molar refractivity (Wildman–Crippen MR) is 71.0 cm³/mol. The van der Waals surface area contributed by atoms with Crippen LogP contribution in [0.3, 0.4) is 0 Å². The third-order valence-electron chi connectivity index (χ3n) is 2.58. The first kappa shape index (κ1) is 12.6. The molecule has 0 atom stereocenters. The van der Waals surface area contributed by atoms with Gasteiger partial charge in [0.15, 0.2) is 0 Å². The van der Waals surface area contributed by atoms with E-state index in [4.69, 9.17) is 10.5 Å². The third kappa shape index (κ3) is 3.07.